The van der Waals surface area contributed by atoms with Crippen LogP contribution in [0.2, 0.25) is 0 Å². The molecule has 4 saturated carbocycles. The van der Waals surface area contributed by atoms with E-state index in [0.717, 1.165) is 44.9 Å². The van der Waals surface area contributed by atoms with Gasteiger partial charge in [0.25, 0.3) is 0 Å². The van der Waals surface area contributed by atoms with E-state index in [-0.39, 0.29) is 56.9 Å². The van der Waals surface area contributed by atoms with Gasteiger partial charge in [-0.2, -0.15) is 0 Å². The summed E-state index contributed by atoms with van der Waals surface area (Å²) in [6, 6.07) is 0. The van der Waals surface area contributed by atoms with E-state index in [2.05, 4.69) is 54.5 Å². The standard InChI is InChI=1S/C32H50O4/c1-19-11-14-29(5)17-18-31(7)21(26(29)25(19)27(34)35)9-10-23-30(6)15-13-24(36-20(2)33)28(3,4)22(30)12-16-32(23,31)8/h9,19,22-26H,10-18H2,1-8H3,(H,34,35)/t19-,22+,23-,24-,25+,26+,29-,30+,31-,32-/m1/s1. The number of ether oxygens (including phenoxy) is 1. The van der Waals surface area contributed by atoms with Crippen LogP contribution >= 0.6 is 0 Å². The van der Waals surface area contributed by atoms with E-state index >= 15 is 0 Å². The molecule has 5 aliphatic rings. The molecule has 0 aliphatic heterocycles. The summed E-state index contributed by atoms with van der Waals surface area (Å²) in [6.45, 7) is 18.4. The SMILES string of the molecule is CC(=O)O[C@@H]1CC[C@]2(C)[C@H]3CC=C4[C@H]5[C@@H](C(=O)O)[C@H](C)CC[C@]5(C)CC[C@@]4(C)[C@]3(C)CC[C@H]2C1(C)C. The van der Waals surface area contributed by atoms with Gasteiger partial charge in [0.15, 0.2) is 0 Å². The van der Waals surface area contributed by atoms with Crippen molar-refractivity contribution in [3.8, 4) is 0 Å². The summed E-state index contributed by atoms with van der Waals surface area (Å²) in [5.74, 6) is 0.488. The monoisotopic (exact) mass is 498 g/mol. The fraction of sp³-hybridized carbons (Fsp3) is 0.875. The lowest BCUT2D eigenvalue weighted by Gasteiger charge is -2.71. The number of fused-ring (bicyclic) bond motifs is 7. The molecule has 0 aromatic carbocycles. The zero-order chi connectivity index (χ0) is 26.5. The molecule has 0 amide bonds. The lowest BCUT2D eigenvalue weighted by Crippen LogP contribution is -2.65. The second-order valence-electron chi connectivity index (χ2n) is 15.3. The smallest absolute Gasteiger partial charge is 0.307 e. The van der Waals surface area contributed by atoms with Gasteiger partial charge in [-0.05, 0) is 103 Å². The number of esters is 1. The predicted octanol–water partition coefficient (Wildman–Crippen LogP) is 7.66. The van der Waals surface area contributed by atoms with Crippen molar-refractivity contribution in [3.05, 3.63) is 11.6 Å². The van der Waals surface area contributed by atoms with Crippen LogP contribution in [0, 0.1) is 56.7 Å². The molecular formula is C32H50O4. The molecule has 0 spiro atoms. The number of hydrogen-bond donors (Lipinski definition) is 1. The van der Waals surface area contributed by atoms with Crippen LogP contribution < -0.4 is 0 Å². The molecule has 4 heteroatoms. The Hall–Kier alpha value is -1.32. The van der Waals surface area contributed by atoms with Gasteiger partial charge in [0.1, 0.15) is 6.10 Å². The van der Waals surface area contributed by atoms with Crippen LogP contribution in [0.25, 0.3) is 0 Å². The minimum atomic E-state index is -0.586. The summed E-state index contributed by atoms with van der Waals surface area (Å²) in [4.78, 5) is 24.5. The lowest BCUT2D eigenvalue weighted by atomic mass is 9.33. The van der Waals surface area contributed by atoms with Crippen molar-refractivity contribution in [2.24, 2.45) is 56.7 Å². The molecular weight excluding hydrogens is 448 g/mol. The minimum Gasteiger partial charge on any atom is -0.481 e. The Morgan fingerprint density at radius 3 is 2.25 bits per heavy atom. The number of carbonyl (C=O) groups is 2. The summed E-state index contributed by atoms with van der Waals surface area (Å²) in [5.41, 5.74) is 1.99. The molecule has 202 valence electrons. The van der Waals surface area contributed by atoms with E-state index in [1.165, 1.54) is 18.4 Å². The van der Waals surface area contributed by atoms with E-state index < -0.39 is 5.97 Å². The normalized spacial score (nSPS) is 51.5. The van der Waals surface area contributed by atoms with Gasteiger partial charge in [-0.15, -0.1) is 0 Å². The molecule has 0 aromatic heterocycles. The molecule has 0 bridgehead atoms. The van der Waals surface area contributed by atoms with E-state index in [9.17, 15) is 14.7 Å². The van der Waals surface area contributed by atoms with Gasteiger partial charge in [-0.3, -0.25) is 9.59 Å². The first-order valence-electron chi connectivity index (χ1n) is 14.7. The predicted molar refractivity (Wildman–Crippen MR) is 142 cm³/mol. The maximum Gasteiger partial charge on any atom is 0.307 e. The van der Waals surface area contributed by atoms with Gasteiger partial charge in [0.05, 0.1) is 5.92 Å². The molecule has 5 rings (SSSR count). The number of aliphatic carboxylic acids is 1. The Morgan fingerprint density at radius 2 is 1.61 bits per heavy atom. The second kappa shape index (κ2) is 8.09. The van der Waals surface area contributed by atoms with Gasteiger partial charge < -0.3 is 9.84 Å². The van der Waals surface area contributed by atoms with Gasteiger partial charge >= 0.3 is 11.9 Å². The topological polar surface area (TPSA) is 63.6 Å². The molecule has 36 heavy (non-hydrogen) atoms. The number of carbonyl (C=O) groups excluding carboxylic acids is 1. The molecule has 0 radical (unpaired) electrons. The number of hydrogen-bond acceptors (Lipinski definition) is 3. The van der Waals surface area contributed by atoms with Gasteiger partial charge in [-0.1, -0.05) is 60.1 Å². The molecule has 4 nitrogen and oxygen atoms in total. The van der Waals surface area contributed by atoms with Crippen molar-refractivity contribution in [2.45, 2.75) is 119 Å². The zero-order valence-electron chi connectivity index (χ0n) is 24.1. The fourth-order valence-electron chi connectivity index (χ4n) is 11.3. The maximum absolute atomic E-state index is 12.7. The van der Waals surface area contributed by atoms with Gasteiger partial charge in [0, 0.05) is 12.3 Å². The van der Waals surface area contributed by atoms with Gasteiger partial charge in [-0.25, -0.2) is 0 Å². The molecule has 1 N–H and O–H groups in total. The Kier molecular flexibility index (Phi) is 5.91. The molecule has 0 unspecified atom stereocenters. The number of allylic oxidation sites excluding steroid dienone is 2. The van der Waals surface area contributed by atoms with Crippen LogP contribution in [0.4, 0.5) is 0 Å². The summed E-state index contributed by atoms with van der Waals surface area (Å²) in [5, 5.41) is 10.4. The number of rotatable bonds is 2. The van der Waals surface area contributed by atoms with Crippen molar-refractivity contribution >= 4 is 11.9 Å². The first-order valence-corrected chi connectivity index (χ1v) is 14.7. The van der Waals surface area contributed by atoms with E-state index in [0.29, 0.717) is 11.8 Å². The molecule has 0 saturated heterocycles. The van der Waals surface area contributed by atoms with Gasteiger partial charge in [0.2, 0.25) is 0 Å². The number of carboxylic acid groups (broad SMARTS) is 1. The highest BCUT2D eigenvalue weighted by Crippen LogP contribution is 2.75. The molecule has 5 aliphatic carbocycles. The number of carboxylic acids is 1. The van der Waals surface area contributed by atoms with Crippen molar-refractivity contribution < 1.29 is 19.4 Å². The van der Waals surface area contributed by atoms with Crippen molar-refractivity contribution in [3.63, 3.8) is 0 Å². The van der Waals surface area contributed by atoms with Crippen molar-refractivity contribution in [1.29, 1.82) is 0 Å². The van der Waals surface area contributed by atoms with E-state index in [1.807, 2.05) is 0 Å². The van der Waals surface area contributed by atoms with Crippen LogP contribution in [-0.2, 0) is 14.3 Å². The molecule has 0 aromatic rings. The van der Waals surface area contributed by atoms with E-state index in [1.54, 1.807) is 6.92 Å². The lowest BCUT2D eigenvalue weighted by molar-refractivity contribution is -0.213. The van der Waals surface area contributed by atoms with Crippen LogP contribution in [-0.4, -0.2) is 23.1 Å². The van der Waals surface area contributed by atoms with Crippen LogP contribution in [0.15, 0.2) is 11.6 Å². The maximum atomic E-state index is 12.7. The summed E-state index contributed by atoms with van der Waals surface area (Å²) in [6.07, 6.45) is 12.5. The van der Waals surface area contributed by atoms with Crippen molar-refractivity contribution in [1.82, 2.24) is 0 Å². The first-order chi connectivity index (χ1) is 16.6. The Labute approximate surface area is 219 Å². The average Bonchev–Trinajstić information content (AvgIpc) is 2.77. The molecule has 4 fully saturated rings. The van der Waals surface area contributed by atoms with Crippen LogP contribution in [0.5, 0.6) is 0 Å². The Morgan fingerprint density at radius 1 is 0.917 bits per heavy atom. The third-order valence-corrected chi connectivity index (χ3v) is 13.5. The summed E-state index contributed by atoms with van der Waals surface area (Å²) < 4.78 is 5.88. The second-order valence-corrected chi connectivity index (χ2v) is 15.3. The Balaban J connectivity index is 1.56. The fourth-order valence-corrected chi connectivity index (χ4v) is 11.3. The van der Waals surface area contributed by atoms with Crippen LogP contribution in [0.1, 0.15) is 113 Å². The quantitative estimate of drug-likeness (QED) is 0.313. The highest BCUT2D eigenvalue weighted by Gasteiger charge is 2.69. The zero-order valence-corrected chi connectivity index (χ0v) is 24.1. The Bertz CT molecular complexity index is 981. The molecule has 10 atom stereocenters. The third kappa shape index (κ3) is 3.30. The van der Waals surface area contributed by atoms with E-state index in [4.69, 9.17) is 4.74 Å². The highest BCUT2D eigenvalue weighted by atomic mass is 16.5. The average molecular weight is 499 g/mol. The molecule has 0 heterocycles. The van der Waals surface area contributed by atoms with Crippen molar-refractivity contribution in [2.75, 3.05) is 0 Å². The first kappa shape index (κ1) is 26.3. The third-order valence-electron chi connectivity index (χ3n) is 13.5. The van der Waals surface area contributed by atoms with Crippen LogP contribution in [0.3, 0.4) is 0 Å². The highest BCUT2D eigenvalue weighted by molar-refractivity contribution is 5.72. The summed E-state index contributed by atoms with van der Waals surface area (Å²) in [7, 11) is 0. The largest absolute Gasteiger partial charge is 0.481 e. The minimum absolute atomic E-state index is 0.00171. The summed E-state index contributed by atoms with van der Waals surface area (Å²) >= 11 is 0.